The van der Waals surface area contributed by atoms with Crippen LogP contribution < -0.4 is 5.32 Å². The molecule has 2 aliphatic heterocycles. The fourth-order valence-corrected chi connectivity index (χ4v) is 5.73. The third-order valence-corrected chi connectivity index (χ3v) is 8.00. The zero-order chi connectivity index (χ0) is 27.3. The molecule has 3 aliphatic rings. The average Bonchev–Trinajstić information content (AvgIpc) is 2.92. The molecular formula is C26H36F3N5O4. The molecular weight excluding hydrogens is 503 g/mol. The van der Waals surface area contributed by atoms with Gasteiger partial charge < -0.3 is 15.1 Å². The van der Waals surface area contributed by atoms with Crippen LogP contribution in [0.4, 0.5) is 24.5 Å². The number of nitrogens with one attached hydrogen (secondary N) is 1. The fourth-order valence-electron chi connectivity index (χ4n) is 5.73. The lowest BCUT2D eigenvalue weighted by molar-refractivity contribution is -0.388. The molecule has 1 aliphatic carbocycles. The molecule has 1 saturated carbocycles. The predicted molar refractivity (Wildman–Crippen MR) is 136 cm³/mol. The van der Waals surface area contributed by atoms with Gasteiger partial charge in [0.15, 0.2) is 0 Å². The first-order valence-corrected chi connectivity index (χ1v) is 13.5. The summed E-state index contributed by atoms with van der Waals surface area (Å²) in [6.45, 7) is 4.60. The molecule has 0 spiro atoms. The number of piperidine rings is 1. The minimum absolute atomic E-state index is 0.0545. The van der Waals surface area contributed by atoms with Gasteiger partial charge in [0.25, 0.3) is 5.69 Å². The normalized spacial score (nSPS) is 20.4. The molecule has 1 aromatic carbocycles. The zero-order valence-electron chi connectivity index (χ0n) is 21.5. The van der Waals surface area contributed by atoms with E-state index in [0.29, 0.717) is 57.9 Å². The second kappa shape index (κ2) is 12.3. The molecule has 0 aromatic heterocycles. The molecule has 2 heterocycles. The van der Waals surface area contributed by atoms with Gasteiger partial charge >= 0.3 is 6.18 Å². The number of hydrogen-bond acceptors (Lipinski definition) is 6. The van der Waals surface area contributed by atoms with Crippen molar-refractivity contribution in [1.82, 2.24) is 14.7 Å². The van der Waals surface area contributed by atoms with E-state index in [1.54, 1.807) is 4.90 Å². The molecule has 3 fully saturated rings. The molecule has 9 nitrogen and oxygen atoms in total. The maximum atomic E-state index is 13.2. The highest BCUT2D eigenvalue weighted by molar-refractivity contribution is 5.79. The number of likely N-dealkylation sites (tertiary alicyclic amines) is 1. The number of halogens is 3. The van der Waals surface area contributed by atoms with Crippen molar-refractivity contribution in [3.8, 4) is 0 Å². The Labute approximate surface area is 220 Å². The van der Waals surface area contributed by atoms with E-state index in [1.165, 1.54) is 12.5 Å². The van der Waals surface area contributed by atoms with Crippen molar-refractivity contribution in [2.75, 3.05) is 51.1 Å². The number of amides is 2. The predicted octanol–water partition coefficient (Wildman–Crippen LogP) is 4.13. The topological polar surface area (TPSA) is 99.0 Å². The van der Waals surface area contributed by atoms with E-state index in [-0.39, 0.29) is 23.6 Å². The van der Waals surface area contributed by atoms with Gasteiger partial charge in [0.05, 0.1) is 4.92 Å². The average molecular weight is 540 g/mol. The summed E-state index contributed by atoms with van der Waals surface area (Å²) in [5.74, 6) is 0.528. The summed E-state index contributed by atoms with van der Waals surface area (Å²) in [5, 5.41) is 14.0. The molecule has 0 atom stereocenters. The number of anilines is 1. The molecule has 0 unspecified atom stereocenters. The van der Waals surface area contributed by atoms with Crippen LogP contribution in [0.25, 0.3) is 0 Å². The quantitative estimate of drug-likeness (QED) is 0.413. The summed E-state index contributed by atoms with van der Waals surface area (Å²) in [6.07, 6.45) is 2.23. The van der Waals surface area contributed by atoms with Crippen LogP contribution in [0.2, 0.25) is 0 Å². The Bertz CT molecular complexity index is 999. The van der Waals surface area contributed by atoms with Crippen molar-refractivity contribution < 1.29 is 27.7 Å². The maximum Gasteiger partial charge on any atom is 0.423 e. The van der Waals surface area contributed by atoms with E-state index >= 15 is 0 Å². The largest absolute Gasteiger partial charge is 0.423 e. The molecule has 4 rings (SSSR count). The van der Waals surface area contributed by atoms with E-state index in [9.17, 15) is 32.9 Å². The number of nitrogens with zero attached hydrogens (tertiary/aromatic N) is 4. The van der Waals surface area contributed by atoms with Crippen molar-refractivity contribution >= 4 is 23.2 Å². The lowest BCUT2D eigenvalue weighted by Crippen LogP contribution is -2.51. The number of hydrogen-bond donors (Lipinski definition) is 1. The van der Waals surface area contributed by atoms with Gasteiger partial charge in [0.2, 0.25) is 11.8 Å². The molecule has 38 heavy (non-hydrogen) atoms. The van der Waals surface area contributed by atoms with Gasteiger partial charge in [-0.2, -0.15) is 13.2 Å². The van der Waals surface area contributed by atoms with Gasteiger partial charge in [-0.15, -0.1) is 0 Å². The van der Waals surface area contributed by atoms with Gasteiger partial charge in [-0.25, -0.2) is 0 Å². The van der Waals surface area contributed by atoms with Gasteiger partial charge in [-0.3, -0.25) is 24.6 Å². The van der Waals surface area contributed by atoms with Gasteiger partial charge in [-0.05, 0) is 37.8 Å². The molecule has 210 valence electrons. The Hall–Kier alpha value is -2.89. The number of carbonyl (C=O) groups is 2. The number of nitro groups is 1. The first kappa shape index (κ1) is 28.1. The molecule has 0 bridgehead atoms. The van der Waals surface area contributed by atoms with E-state index in [4.69, 9.17) is 0 Å². The van der Waals surface area contributed by atoms with Gasteiger partial charge in [0, 0.05) is 75.9 Å². The summed E-state index contributed by atoms with van der Waals surface area (Å²) in [7, 11) is 0. The standard InChI is InChI=1S/C26H36F3N5O4/c27-26(28,29)22-18-21(6-7-23(22)34(37)38)30-20-8-12-32(13-9-20)24(35)10-11-31-14-16-33(17-15-31)25(36)19-4-2-1-3-5-19/h6-7,18-20,30H,1-5,8-17H2. The number of piperazine rings is 1. The second-order valence-corrected chi connectivity index (χ2v) is 10.5. The highest BCUT2D eigenvalue weighted by Gasteiger charge is 2.38. The monoisotopic (exact) mass is 539 g/mol. The van der Waals surface area contributed by atoms with Crippen LogP contribution in [0.1, 0.15) is 56.9 Å². The van der Waals surface area contributed by atoms with Crippen molar-refractivity contribution in [3.05, 3.63) is 33.9 Å². The molecule has 2 amide bonds. The Balaban J connectivity index is 1.18. The summed E-state index contributed by atoms with van der Waals surface area (Å²) in [6, 6.07) is 2.80. The Morgan fingerprint density at radius 1 is 0.947 bits per heavy atom. The number of nitro benzene ring substituents is 1. The Morgan fingerprint density at radius 3 is 2.21 bits per heavy atom. The van der Waals surface area contributed by atoms with E-state index in [1.807, 2.05) is 4.90 Å². The van der Waals surface area contributed by atoms with Crippen LogP contribution in [-0.4, -0.2) is 83.3 Å². The lowest BCUT2D eigenvalue weighted by Gasteiger charge is -2.37. The fraction of sp³-hybridized carbons (Fsp3) is 0.692. The molecule has 2 saturated heterocycles. The first-order chi connectivity index (χ1) is 18.1. The highest BCUT2D eigenvalue weighted by atomic mass is 19.4. The molecule has 1 N–H and O–H groups in total. The highest BCUT2D eigenvalue weighted by Crippen LogP contribution is 2.38. The van der Waals surface area contributed by atoms with E-state index < -0.39 is 22.4 Å². The molecule has 12 heteroatoms. The van der Waals surface area contributed by atoms with Crippen LogP contribution in [0.3, 0.4) is 0 Å². The third-order valence-electron chi connectivity index (χ3n) is 8.00. The van der Waals surface area contributed by atoms with Crippen LogP contribution in [0.15, 0.2) is 18.2 Å². The number of alkyl halides is 3. The lowest BCUT2D eigenvalue weighted by atomic mass is 9.88. The minimum atomic E-state index is -4.83. The Morgan fingerprint density at radius 2 is 1.61 bits per heavy atom. The first-order valence-electron chi connectivity index (χ1n) is 13.5. The van der Waals surface area contributed by atoms with Crippen molar-refractivity contribution in [2.45, 2.75) is 63.6 Å². The van der Waals surface area contributed by atoms with E-state index in [2.05, 4.69) is 10.2 Å². The SMILES string of the molecule is O=C(CCN1CCN(C(=O)C2CCCCC2)CC1)N1CCC(Nc2ccc([N+](=O)[O-])c(C(F)(F)F)c2)CC1. The summed E-state index contributed by atoms with van der Waals surface area (Å²) < 4.78 is 39.7. The molecule has 0 radical (unpaired) electrons. The van der Waals surface area contributed by atoms with Crippen molar-refractivity contribution in [2.24, 2.45) is 5.92 Å². The smallest absolute Gasteiger partial charge is 0.382 e. The third kappa shape index (κ3) is 7.15. The summed E-state index contributed by atoms with van der Waals surface area (Å²) >= 11 is 0. The summed E-state index contributed by atoms with van der Waals surface area (Å²) in [4.78, 5) is 41.4. The van der Waals surface area contributed by atoms with Crippen molar-refractivity contribution in [3.63, 3.8) is 0 Å². The van der Waals surface area contributed by atoms with Gasteiger partial charge in [-0.1, -0.05) is 19.3 Å². The zero-order valence-corrected chi connectivity index (χ0v) is 21.5. The van der Waals surface area contributed by atoms with E-state index in [0.717, 1.165) is 50.9 Å². The Kier molecular flexibility index (Phi) is 9.11. The minimum Gasteiger partial charge on any atom is -0.382 e. The molecule has 1 aromatic rings. The second-order valence-electron chi connectivity index (χ2n) is 10.5. The number of rotatable bonds is 7. The number of benzene rings is 1. The van der Waals surface area contributed by atoms with Crippen LogP contribution in [-0.2, 0) is 15.8 Å². The maximum absolute atomic E-state index is 13.2. The summed E-state index contributed by atoms with van der Waals surface area (Å²) in [5.41, 5.74) is -2.08. The van der Waals surface area contributed by atoms with Crippen LogP contribution >= 0.6 is 0 Å². The van der Waals surface area contributed by atoms with Crippen molar-refractivity contribution in [1.29, 1.82) is 0 Å². The van der Waals surface area contributed by atoms with Crippen LogP contribution in [0.5, 0.6) is 0 Å². The van der Waals surface area contributed by atoms with Crippen LogP contribution in [0, 0.1) is 16.0 Å². The number of carbonyl (C=O) groups excluding carboxylic acids is 2. The van der Waals surface area contributed by atoms with Gasteiger partial charge in [0.1, 0.15) is 5.56 Å².